The van der Waals surface area contributed by atoms with Gasteiger partial charge >= 0.3 is 0 Å². The molecule has 74 valence electrons. The smallest absolute Gasteiger partial charge is 0.243 e. The van der Waals surface area contributed by atoms with E-state index in [1.54, 1.807) is 6.92 Å². The molecule has 0 radical (unpaired) electrons. The van der Waals surface area contributed by atoms with Gasteiger partial charge in [0.15, 0.2) is 0 Å². The van der Waals surface area contributed by atoms with Crippen molar-refractivity contribution in [3.05, 3.63) is 0 Å². The standard InChI is InChI=1S/C8H14N2O3/c1-6(2-3-11)10-7(12)4-9-5-8(10)13/h6,9,11H,2-5H2,1H3. The molecule has 13 heavy (non-hydrogen) atoms. The van der Waals surface area contributed by atoms with Gasteiger partial charge in [0, 0.05) is 12.6 Å². The van der Waals surface area contributed by atoms with Crippen LogP contribution in [0.3, 0.4) is 0 Å². The number of rotatable bonds is 3. The Morgan fingerprint density at radius 2 is 2.00 bits per heavy atom. The highest BCUT2D eigenvalue weighted by Crippen LogP contribution is 2.06. The largest absolute Gasteiger partial charge is 0.396 e. The fourth-order valence-corrected chi connectivity index (χ4v) is 1.39. The number of nitrogens with zero attached hydrogens (tertiary/aromatic N) is 1. The van der Waals surface area contributed by atoms with Crippen LogP contribution in [0.4, 0.5) is 0 Å². The normalized spacial score (nSPS) is 20.6. The zero-order valence-electron chi connectivity index (χ0n) is 7.62. The molecule has 2 amide bonds. The van der Waals surface area contributed by atoms with Gasteiger partial charge in [-0.25, -0.2) is 0 Å². The second-order valence-corrected chi connectivity index (χ2v) is 3.12. The van der Waals surface area contributed by atoms with Gasteiger partial charge < -0.3 is 5.11 Å². The summed E-state index contributed by atoms with van der Waals surface area (Å²) in [6.45, 7) is 2.17. The number of aliphatic hydroxyl groups excluding tert-OH is 1. The number of hydrogen-bond acceptors (Lipinski definition) is 4. The Morgan fingerprint density at radius 3 is 2.46 bits per heavy atom. The SMILES string of the molecule is CC(CCO)N1C(=O)CNCC1=O. The topological polar surface area (TPSA) is 69.6 Å². The van der Waals surface area contributed by atoms with Gasteiger partial charge in [0.25, 0.3) is 0 Å². The minimum Gasteiger partial charge on any atom is -0.396 e. The van der Waals surface area contributed by atoms with Crippen molar-refractivity contribution in [2.24, 2.45) is 0 Å². The van der Waals surface area contributed by atoms with Gasteiger partial charge in [0.05, 0.1) is 13.1 Å². The first-order valence-electron chi connectivity index (χ1n) is 4.33. The van der Waals surface area contributed by atoms with Crippen molar-refractivity contribution in [2.75, 3.05) is 19.7 Å². The van der Waals surface area contributed by atoms with Crippen LogP contribution in [0.5, 0.6) is 0 Å². The summed E-state index contributed by atoms with van der Waals surface area (Å²) in [6, 6.07) is -0.202. The third-order valence-electron chi connectivity index (χ3n) is 2.08. The van der Waals surface area contributed by atoms with Gasteiger partial charge in [0.2, 0.25) is 11.8 Å². The summed E-state index contributed by atoms with van der Waals surface area (Å²) < 4.78 is 0. The predicted molar refractivity (Wildman–Crippen MR) is 45.9 cm³/mol. The number of hydrogen-bond donors (Lipinski definition) is 2. The van der Waals surface area contributed by atoms with Gasteiger partial charge in [-0.15, -0.1) is 0 Å². The number of carbonyl (C=O) groups is 2. The molecule has 5 heteroatoms. The van der Waals surface area contributed by atoms with E-state index < -0.39 is 0 Å². The lowest BCUT2D eigenvalue weighted by Gasteiger charge is -2.30. The first-order valence-corrected chi connectivity index (χ1v) is 4.33. The number of amides is 2. The number of piperazine rings is 1. The Labute approximate surface area is 76.7 Å². The van der Waals surface area contributed by atoms with E-state index in [0.29, 0.717) is 6.42 Å². The van der Waals surface area contributed by atoms with Crippen LogP contribution in [-0.4, -0.2) is 47.6 Å². The molecule has 1 unspecified atom stereocenters. The molecule has 0 bridgehead atoms. The lowest BCUT2D eigenvalue weighted by molar-refractivity contribution is -0.149. The Kier molecular flexibility index (Phi) is 3.39. The van der Waals surface area contributed by atoms with Gasteiger partial charge in [0.1, 0.15) is 0 Å². The summed E-state index contributed by atoms with van der Waals surface area (Å²) in [5.41, 5.74) is 0. The Morgan fingerprint density at radius 1 is 1.46 bits per heavy atom. The molecule has 1 aliphatic heterocycles. The molecule has 1 saturated heterocycles. The van der Waals surface area contributed by atoms with Gasteiger partial charge in [-0.05, 0) is 13.3 Å². The molecule has 0 aromatic carbocycles. The van der Waals surface area contributed by atoms with E-state index in [4.69, 9.17) is 5.11 Å². The van der Waals surface area contributed by atoms with Crippen molar-refractivity contribution >= 4 is 11.8 Å². The van der Waals surface area contributed by atoms with Crippen molar-refractivity contribution in [1.29, 1.82) is 0 Å². The van der Waals surface area contributed by atoms with Gasteiger partial charge in [-0.1, -0.05) is 0 Å². The molecule has 5 nitrogen and oxygen atoms in total. The molecule has 1 fully saturated rings. The molecule has 0 saturated carbocycles. The Hall–Kier alpha value is -0.940. The molecular weight excluding hydrogens is 172 g/mol. The molecule has 1 aliphatic rings. The summed E-state index contributed by atoms with van der Waals surface area (Å²) in [5.74, 6) is -0.422. The summed E-state index contributed by atoms with van der Waals surface area (Å²) >= 11 is 0. The summed E-state index contributed by atoms with van der Waals surface area (Å²) in [6.07, 6.45) is 0.442. The molecule has 0 aromatic rings. The van der Waals surface area contributed by atoms with Crippen LogP contribution in [0.2, 0.25) is 0 Å². The summed E-state index contributed by atoms with van der Waals surface area (Å²) in [5, 5.41) is 11.4. The van der Waals surface area contributed by atoms with Crippen molar-refractivity contribution in [3.8, 4) is 0 Å². The van der Waals surface area contributed by atoms with E-state index in [-0.39, 0.29) is 37.6 Å². The third kappa shape index (κ3) is 2.26. The number of aliphatic hydroxyl groups is 1. The van der Waals surface area contributed by atoms with E-state index in [1.165, 1.54) is 4.90 Å². The molecule has 1 atom stereocenters. The molecule has 0 spiro atoms. The highest BCUT2D eigenvalue weighted by molar-refractivity contribution is 5.99. The second-order valence-electron chi connectivity index (χ2n) is 3.12. The van der Waals surface area contributed by atoms with E-state index in [1.807, 2.05) is 0 Å². The van der Waals surface area contributed by atoms with Crippen molar-refractivity contribution < 1.29 is 14.7 Å². The van der Waals surface area contributed by atoms with E-state index >= 15 is 0 Å². The van der Waals surface area contributed by atoms with Crippen molar-refractivity contribution in [1.82, 2.24) is 10.2 Å². The molecule has 1 rings (SSSR count). The quantitative estimate of drug-likeness (QED) is 0.538. The predicted octanol–water partition coefficient (Wildman–Crippen LogP) is -1.28. The van der Waals surface area contributed by atoms with Crippen LogP contribution in [0.25, 0.3) is 0 Å². The monoisotopic (exact) mass is 186 g/mol. The fourth-order valence-electron chi connectivity index (χ4n) is 1.39. The van der Waals surface area contributed by atoms with Gasteiger partial charge in [-0.3, -0.25) is 19.8 Å². The lowest BCUT2D eigenvalue weighted by atomic mass is 10.2. The average molecular weight is 186 g/mol. The second kappa shape index (κ2) is 4.34. The van der Waals surface area contributed by atoms with Crippen LogP contribution in [0.1, 0.15) is 13.3 Å². The number of carbonyl (C=O) groups excluding carboxylic acids is 2. The average Bonchev–Trinajstić information content (AvgIpc) is 2.04. The summed E-state index contributed by atoms with van der Waals surface area (Å²) in [7, 11) is 0. The van der Waals surface area contributed by atoms with E-state index in [2.05, 4.69) is 5.32 Å². The van der Waals surface area contributed by atoms with Gasteiger partial charge in [-0.2, -0.15) is 0 Å². The minimum atomic E-state index is -0.211. The molecule has 1 heterocycles. The first-order chi connectivity index (χ1) is 6.16. The van der Waals surface area contributed by atoms with Crippen LogP contribution < -0.4 is 5.32 Å². The highest BCUT2D eigenvalue weighted by atomic mass is 16.3. The van der Waals surface area contributed by atoms with Crippen molar-refractivity contribution in [3.63, 3.8) is 0 Å². The highest BCUT2D eigenvalue weighted by Gasteiger charge is 2.29. The molecule has 0 aromatic heterocycles. The molecule has 0 aliphatic carbocycles. The number of nitrogens with one attached hydrogen (secondary N) is 1. The Bertz CT molecular complexity index is 201. The zero-order valence-corrected chi connectivity index (χ0v) is 7.62. The lowest BCUT2D eigenvalue weighted by Crippen LogP contribution is -2.55. The van der Waals surface area contributed by atoms with Crippen LogP contribution in [0.15, 0.2) is 0 Å². The third-order valence-corrected chi connectivity index (χ3v) is 2.08. The molecular formula is C8H14N2O3. The Balaban J connectivity index is 2.62. The first kappa shape index (κ1) is 10.1. The zero-order chi connectivity index (χ0) is 9.84. The maximum Gasteiger partial charge on any atom is 0.243 e. The fraction of sp³-hybridized carbons (Fsp3) is 0.750. The maximum atomic E-state index is 11.3. The minimum absolute atomic E-state index is 0.00828. The van der Waals surface area contributed by atoms with Crippen molar-refractivity contribution in [2.45, 2.75) is 19.4 Å². The molecule has 2 N–H and O–H groups in total. The van der Waals surface area contributed by atoms with Crippen LogP contribution >= 0.6 is 0 Å². The van der Waals surface area contributed by atoms with E-state index in [0.717, 1.165) is 0 Å². The number of imide groups is 1. The summed E-state index contributed by atoms with van der Waals surface area (Å²) in [4.78, 5) is 23.8. The van der Waals surface area contributed by atoms with E-state index in [9.17, 15) is 9.59 Å². The maximum absolute atomic E-state index is 11.3. The van der Waals surface area contributed by atoms with Crippen LogP contribution in [0, 0.1) is 0 Å². The van der Waals surface area contributed by atoms with Crippen LogP contribution in [-0.2, 0) is 9.59 Å².